The van der Waals surface area contributed by atoms with E-state index in [2.05, 4.69) is 15.3 Å². The maximum absolute atomic E-state index is 14.8. The van der Waals surface area contributed by atoms with E-state index < -0.39 is 21.9 Å². The van der Waals surface area contributed by atoms with Crippen LogP contribution in [0.15, 0.2) is 41.5 Å². The van der Waals surface area contributed by atoms with Gasteiger partial charge in [-0.2, -0.15) is 0 Å². The summed E-state index contributed by atoms with van der Waals surface area (Å²) < 4.78 is 28.5. The first-order valence-electron chi connectivity index (χ1n) is 9.12. The molecule has 0 saturated heterocycles. The van der Waals surface area contributed by atoms with Crippen molar-refractivity contribution in [3.63, 3.8) is 0 Å². The van der Waals surface area contributed by atoms with Crippen LogP contribution >= 0.6 is 23.4 Å². The van der Waals surface area contributed by atoms with Crippen molar-refractivity contribution in [2.75, 3.05) is 7.05 Å². The van der Waals surface area contributed by atoms with Crippen molar-refractivity contribution in [3.05, 3.63) is 64.2 Å². The zero-order valence-corrected chi connectivity index (χ0v) is 18.2. The predicted octanol–water partition coefficient (Wildman–Crippen LogP) is 4.51. The minimum atomic E-state index is -1.10. The molecule has 2 heterocycles. The number of aliphatic imine (C=N–C) groups is 1. The van der Waals surface area contributed by atoms with Gasteiger partial charge in [0.25, 0.3) is 0 Å². The standard InChI is InChI=1S/C21H21ClF2N4OS/c1-20(11-21(2,18(29)26-3)30-19(25)28-20)14-8-12(4-6-15(14)23)9-16(24)17-7-5-13(22)10-27-17/h4-10H,11H2,1-3H3,(H2,25,28)(H,26,29)/b16-9-/t20-,21+/m0/s1. The first-order valence-corrected chi connectivity index (χ1v) is 10.3. The Bertz CT molecular complexity index is 1040. The summed E-state index contributed by atoms with van der Waals surface area (Å²) in [6, 6.07) is 7.21. The highest BCUT2D eigenvalue weighted by Crippen LogP contribution is 2.46. The minimum absolute atomic E-state index is 0.111. The van der Waals surface area contributed by atoms with E-state index in [0.717, 1.165) is 11.8 Å². The number of nitrogens with two attached hydrogens (primary N) is 1. The maximum Gasteiger partial charge on any atom is 0.236 e. The van der Waals surface area contributed by atoms with Crippen LogP contribution in [0.3, 0.4) is 0 Å². The van der Waals surface area contributed by atoms with Gasteiger partial charge in [0.1, 0.15) is 16.4 Å². The normalized spacial score (nSPS) is 24.3. The molecule has 1 aliphatic heterocycles. The van der Waals surface area contributed by atoms with Crippen LogP contribution in [0, 0.1) is 5.82 Å². The number of halogens is 3. The summed E-state index contributed by atoms with van der Waals surface area (Å²) in [6.07, 6.45) is 2.82. The number of amides is 1. The van der Waals surface area contributed by atoms with E-state index in [1.165, 1.54) is 49.7 Å². The van der Waals surface area contributed by atoms with Gasteiger partial charge in [0.05, 0.1) is 16.3 Å². The Morgan fingerprint density at radius 1 is 1.33 bits per heavy atom. The van der Waals surface area contributed by atoms with Crippen LogP contribution < -0.4 is 11.1 Å². The number of carbonyl (C=O) groups is 1. The van der Waals surface area contributed by atoms with Gasteiger partial charge in [0, 0.05) is 25.2 Å². The molecule has 2 atom stereocenters. The molecule has 3 rings (SSSR count). The van der Waals surface area contributed by atoms with Crippen LogP contribution in [0.1, 0.15) is 37.1 Å². The summed E-state index contributed by atoms with van der Waals surface area (Å²) >= 11 is 6.92. The molecule has 30 heavy (non-hydrogen) atoms. The Labute approximate surface area is 182 Å². The van der Waals surface area contributed by atoms with E-state index in [9.17, 15) is 13.6 Å². The lowest BCUT2D eigenvalue weighted by Gasteiger charge is -2.40. The molecule has 9 heteroatoms. The third-order valence-corrected chi connectivity index (χ3v) is 6.22. The Morgan fingerprint density at radius 2 is 2.07 bits per heavy atom. The Kier molecular flexibility index (Phi) is 6.19. The van der Waals surface area contributed by atoms with E-state index in [0.29, 0.717) is 10.6 Å². The molecule has 5 nitrogen and oxygen atoms in total. The maximum atomic E-state index is 14.8. The van der Waals surface area contributed by atoms with Crippen LogP contribution in [0.2, 0.25) is 5.02 Å². The second-order valence-corrected chi connectivity index (χ2v) is 9.37. The number of benzene rings is 1. The van der Waals surface area contributed by atoms with E-state index in [1.807, 2.05) is 0 Å². The molecule has 0 aliphatic carbocycles. The monoisotopic (exact) mass is 450 g/mol. The SMILES string of the molecule is CNC(=O)[C@@]1(C)C[C@@](C)(c2cc(/C=C(\F)c3ccc(Cl)cn3)ccc2F)N=C(N)S1. The van der Waals surface area contributed by atoms with E-state index in [4.69, 9.17) is 17.3 Å². The fourth-order valence-corrected chi connectivity index (χ4v) is 4.93. The molecule has 158 valence electrons. The highest BCUT2D eigenvalue weighted by molar-refractivity contribution is 8.15. The number of rotatable bonds is 4. The number of nitrogens with one attached hydrogen (secondary N) is 1. The zero-order valence-electron chi connectivity index (χ0n) is 16.7. The van der Waals surface area contributed by atoms with Crippen LogP contribution in [-0.4, -0.2) is 27.9 Å². The number of nitrogens with zero attached hydrogens (tertiary/aromatic N) is 2. The van der Waals surface area contributed by atoms with Gasteiger partial charge in [-0.25, -0.2) is 8.78 Å². The number of hydrogen-bond acceptors (Lipinski definition) is 5. The third kappa shape index (κ3) is 4.49. The first kappa shape index (κ1) is 22.2. The van der Waals surface area contributed by atoms with Crippen molar-refractivity contribution in [2.45, 2.75) is 30.6 Å². The number of carbonyl (C=O) groups excluding carboxylic acids is 1. The van der Waals surface area contributed by atoms with Gasteiger partial charge in [-0.1, -0.05) is 29.4 Å². The van der Waals surface area contributed by atoms with Gasteiger partial charge in [0.15, 0.2) is 5.17 Å². The fourth-order valence-electron chi connectivity index (χ4n) is 3.56. The molecule has 3 N–H and O–H groups in total. The number of amidine groups is 1. The molecule has 0 bridgehead atoms. The summed E-state index contributed by atoms with van der Waals surface area (Å²) in [5.74, 6) is -1.33. The molecule has 1 aliphatic rings. The summed E-state index contributed by atoms with van der Waals surface area (Å²) in [5, 5.41) is 3.20. The molecule has 0 radical (unpaired) electrons. The van der Waals surface area contributed by atoms with Crippen LogP contribution in [0.25, 0.3) is 11.9 Å². The van der Waals surface area contributed by atoms with Gasteiger partial charge in [-0.15, -0.1) is 0 Å². The average Bonchev–Trinajstić information content (AvgIpc) is 2.68. The highest BCUT2D eigenvalue weighted by atomic mass is 35.5. The van der Waals surface area contributed by atoms with Crippen molar-refractivity contribution in [2.24, 2.45) is 10.7 Å². The third-order valence-electron chi connectivity index (χ3n) is 4.91. The van der Waals surface area contributed by atoms with Crippen molar-refractivity contribution < 1.29 is 13.6 Å². The van der Waals surface area contributed by atoms with Gasteiger partial charge in [0.2, 0.25) is 5.91 Å². The van der Waals surface area contributed by atoms with Crippen molar-refractivity contribution in [1.82, 2.24) is 10.3 Å². The molecule has 1 amide bonds. The number of thioether (sulfide) groups is 1. The molecular weight excluding hydrogens is 430 g/mol. The quantitative estimate of drug-likeness (QED) is 0.718. The summed E-state index contributed by atoms with van der Waals surface area (Å²) in [4.78, 5) is 20.8. The predicted molar refractivity (Wildman–Crippen MR) is 118 cm³/mol. The van der Waals surface area contributed by atoms with Crippen LogP contribution in [-0.2, 0) is 10.3 Å². The zero-order chi connectivity index (χ0) is 22.1. The molecule has 0 saturated carbocycles. The van der Waals surface area contributed by atoms with Crippen LogP contribution in [0.4, 0.5) is 8.78 Å². The Hall–Kier alpha value is -2.45. The van der Waals surface area contributed by atoms with Gasteiger partial charge in [-0.05, 0) is 49.8 Å². The smallest absolute Gasteiger partial charge is 0.236 e. The number of aromatic nitrogens is 1. The number of hydrogen-bond donors (Lipinski definition) is 2. The lowest BCUT2D eigenvalue weighted by atomic mass is 9.82. The fraction of sp³-hybridized carbons (Fsp3) is 0.286. The first-order chi connectivity index (χ1) is 14.1. The topological polar surface area (TPSA) is 80.4 Å². The molecular formula is C21H21ClF2N4OS. The van der Waals surface area contributed by atoms with Gasteiger partial charge < -0.3 is 11.1 Å². The van der Waals surface area contributed by atoms with Crippen LogP contribution in [0.5, 0.6) is 0 Å². The lowest BCUT2D eigenvalue weighted by Crippen LogP contribution is -2.49. The molecule has 2 aromatic rings. The molecule has 1 aromatic carbocycles. The second kappa shape index (κ2) is 8.35. The molecule has 0 fully saturated rings. The number of pyridine rings is 1. The largest absolute Gasteiger partial charge is 0.378 e. The summed E-state index contributed by atoms with van der Waals surface area (Å²) in [7, 11) is 1.53. The average molecular weight is 451 g/mol. The Morgan fingerprint density at radius 3 is 2.70 bits per heavy atom. The minimum Gasteiger partial charge on any atom is -0.378 e. The molecule has 0 unspecified atom stereocenters. The lowest BCUT2D eigenvalue weighted by molar-refractivity contribution is -0.123. The van der Waals surface area contributed by atoms with E-state index in [1.54, 1.807) is 13.8 Å². The highest BCUT2D eigenvalue weighted by Gasteiger charge is 2.47. The molecule has 1 aromatic heterocycles. The van der Waals surface area contributed by atoms with E-state index >= 15 is 0 Å². The summed E-state index contributed by atoms with van der Waals surface area (Å²) in [5.41, 5.74) is 5.66. The Balaban J connectivity index is 2.02. The van der Waals surface area contributed by atoms with Gasteiger partial charge in [-0.3, -0.25) is 14.8 Å². The van der Waals surface area contributed by atoms with Crippen molar-refractivity contribution in [1.29, 1.82) is 0 Å². The van der Waals surface area contributed by atoms with E-state index in [-0.39, 0.29) is 28.8 Å². The van der Waals surface area contributed by atoms with Gasteiger partial charge >= 0.3 is 0 Å². The van der Waals surface area contributed by atoms with Crippen molar-refractivity contribution >= 4 is 46.3 Å². The van der Waals surface area contributed by atoms with Crippen molar-refractivity contribution in [3.8, 4) is 0 Å². The molecule has 0 spiro atoms. The second-order valence-electron chi connectivity index (χ2n) is 7.41. The summed E-state index contributed by atoms with van der Waals surface area (Å²) in [6.45, 7) is 3.45.